The summed E-state index contributed by atoms with van der Waals surface area (Å²) < 4.78 is 27.6. The van der Waals surface area contributed by atoms with Crippen molar-refractivity contribution in [3.05, 3.63) is 35.4 Å². The molecule has 2 saturated heterocycles. The lowest BCUT2D eigenvalue weighted by molar-refractivity contribution is -0.128. The third-order valence-corrected chi connectivity index (χ3v) is 5.92. The van der Waals surface area contributed by atoms with E-state index in [0.717, 1.165) is 77.1 Å². The van der Waals surface area contributed by atoms with E-state index in [-0.39, 0.29) is 18.5 Å². The number of carbonyl (C=O) groups excluding carboxylic acids is 1. The molecule has 3 rings (SSSR count). The molecule has 8 heteroatoms. The average Bonchev–Trinajstić information content (AvgIpc) is 3.28. The monoisotopic (exact) mass is 421 g/mol. The molecule has 0 spiro atoms. The number of benzene rings is 1. The zero-order valence-corrected chi connectivity index (χ0v) is 18.0. The molecule has 0 aromatic heterocycles. The summed E-state index contributed by atoms with van der Waals surface area (Å²) in [6.07, 6.45) is 2.90. The average molecular weight is 422 g/mol. The first-order valence-electron chi connectivity index (χ1n) is 11.0. The van der Waals surface area contributed by atoms with Crippen LogP contribution in [0.4, 0.5) is 8.78 Å². The predicted octanol–water partition coefficient (Wildman–Crippen LogP) is 2.62. The molecule has 30 heavy (non-hydrogen) atoms. The fraction of sp³-hybridized carbons (Fsp3) is 0.636. The number of guanidine groups is 1. The van der Waals surface area contributed by atoms with Gasteiger partial charge >= 0.3 is 0 Å². The molecule has 1 unspecified atom stereocenters. The lowest BCUT2D eigenvalue weighted by Gasteiger charge is -2.40. The van der Waals surface area contributed by atoms with Crippen LogP contribution >= 0.6 is 0 Å². The minimum absolute atomic E-state index is 0.0796. The Morgan fingerprint density at radius 3 is 2.37 bits per heavy atom. The number of aliphatic imine (C=N–C) groups is 1. The van der Waals surface area contributed by atoms with Crippen LogP contribution in [0.2, 0.25) is 0 Å². The molecular weight excluding hydrogens is 388 g/mol. The minimum Gasteiger partial charge on any atom is -0.357 e. The number of hydrogen-bond donors (Lipinski definition) is 1. The molecule has 2 heterocycles. The van der Waals surface area contributed by atoms with Crippen molar-refractivity contribution in [2.45, 2.75) is 39.2 Å². The van der Waals surface area contributed by atoms with E-state index in [1.807, 2.05) is 18.7 Å². The molecule has 1 N–H and O–H groups in total. The van der Waals surface area contributed by atoms with Gasteiger partial charge in [0.05, 0.1) is 0 Å². The molecule has 0 radical (unpaired) electrons. The van der Waals surface area contributed by atoms with E-state index in [4.69, 9.17) is 0 Å². The van der Waals surface area contributed by atoms with Crippen molar-refractivity contribution in [1.29, 1.82) is 0 Å². The number of nitrogens with zero attached hydrogens (tertiary/aromatic N) is 4. The second-order valence-electron chi connectivity index (χ2n) is 7.87. The number of nitrogens with one attached hydrogen (secondary N) is 1. The standard InChI is InChI=1S/C22H33F2N5O/c1-3-20(18-8-7-17(23)15-19(18)24)27-11-13-29(14-12-27)22(25-4-2)26-16-21(30)28-9-5-6-10-28/h7-8,15,20H,3-6,9-14,16H2,1-2H3,(H,25,26). The summed E-state index contributed by atoms with van der Waals surface area (Å²) in [6, 6.07) is 3.76. The number of rotatable bonds is 6. The number of carbonyl (C=O) groups is 1. The molecule has 2 aliphatic heterocycles. The molecule has 0 saturated carbocycles. The van der Waals surface area contributed by atoms with Crippen LogP contribution in [0.25, 0.3) is 0 Å². The van der Waals surface area contributed by atoms with Gasteiger partial charge in [-0.3, -0.25) is 9.69 Å². The fourth-order valence-corrected chi connectivity index (χ4v) is 4.33. The third-order valence-electron chi connectivity index (χ3n) is 5.92. The van der Waals surface area contributed by atoms with E-state index in [9.17, 15) is 13.6 Å². The number of halogens is 2. The SMILES string of the molecule is CCNC(=NCC(=O)N1CCCC1)N1CCN(C(CC)c2ccc(F)cc2F)CC1. The van der Waals surface area contributed by atoms with Gasteiger partial charge in [-0.1, -0.05) is 13.0 Å². The molecule has 1 aromatic rings. The Balaban J connectivity index is 1.61. The smallest absolute Gasteiger partial charge is 0.244 e. The van der Waals surface area contributed by atoms with Crippen molar-refractivity contribution < 1.29 is 13.6 Å². The van der Waals surface area contributed by atoms with Gasteiger partial charge in [-0.2, -0.15) is 0 Å². The molecule has 6 nitrogen and oxygen atoms in total. The van der Waals surface area contributed by atoms with E-state index in [0.29, 0.717) is 5.56 Å². The maximum atomic E-state index is 14.3. The highest BCUT2D eigenvalue weighted by atomic mass is 19.1. The van der Waals surface area contributed by atoms with Gasteiger partial charge in [-0.15, -0.1) is 0 Å². The first-order chi connectivity index (χ1) is 14.5. The van der Waals surface area contributed by atoms with Gasteiger partial charge in [0.15, 0.2) is 5.96 Å². The summed E-state index contributed by atoms with van der Waals surface area (Å²) in [5.74, 6) is -0.199. The Labute approximate surface area is 177 Å². The molecule has 2 aliphatic rings. The first kappa shape index (κ1) is 22.5. The van der Waals surface area contributed by atoms with E-state index in [1.54, 1.807) is 6.07 Å². The maximum absolute atomic E-state index is 14.3. The van der Waals surface area contributed by atoms with Crippen LogP contribution in [0.15, 0.2) is 23.2 Å². The largest absolute Gasteiger partial charge is 0.357 e. The lowest BCUT2D eigenvalue weighted by Crippen LogP contribution is -2.53. The van der Waals surface area contributed by atoms with Crippen LogP contribution in [0.1, 0.15) is 44.7 Å². The van der Waals surface area contributed by atoms with Gasteiger partial charge in [0.2, 0.25) is 5.91 Å². The highest BCUT2D eigenvalue weighted by molar-refractivity contribution is 5.85. The van der Waals surface area contributed by atoms with Gasteiger partial charge in [0.25, 0.3) is 0 Å². The van der Waals surface area contributed by atoms with Crippen LogP contribution in [0.3, 0.4) is 0 Å². The van der Waals surface area contributed by atoms with Crippen LogP contribution < -0.4 is 5.32 Å². The zero-order valence-electron chi connectivity index (χ0n) is 18.0. The first-order valence-corrected chi connectivity index (χ1v) is 11.0. The van der Waals surface area contributed by atoms with Crippen LogP contribution in [-0.2, 0) is 4.79 Å². The lowest BCUT2D eigenvalue weighted by atomic mass is 10.0. The Bertz CT molecular complexity index is 743. The molecule has 2 fully saturated rings. The summed E-state index contributed by atoms with van der Waals surface area (Å²) in [6.45, 7) is 9.58. The van der Waals surface area contributed by atoms with Gasteiger partial charge in [0.1, 0.15) is 18.2 Å². The van der Waals surface area contributed by atoms with Gasteiger partial charge < -0.3 is 15.1 Å². The second kappa shape index (κ2) is 10.7. The summed E-state index contributed by atoms with van der Waals surface area (Å²) >= 11 is 0. The van der Waals surface area contributed by atoms with Gasteiger partial charge in [-0.25, -0.2) is 13.8 Å². The molecule has 166 valence electrons. The highest BCUT2D eigenvalue weighted by Crippen LogP contribution is 2.28. The second-order valence-corrected chi connectivity index (χ2v) is 7.87. The van der Waals surface area contributed by atoms with Crippen LogP contribution in [-0.4, -0.2) is 78.9 Å². The van der Waals surface area contributed by atoms with E-state index < -0.39 is 11.6 Å². The fourth-order valence-electron chi connectivity index (χ4n) is 4.33. The Kier molecular flexibility index (Phi) is 8.01. The quantitative estimate of drug-likeness (QED) is 0.567. The Morgan fingerprint density at radius 2 is 1.77 bits per heavy atom. The Morgan fingerprint density at radius 1 is 1.07 bits per heavy atom. The summed E-state index contributed by atoms with van der Waals surface area (Å²) in [7, 11) is 0. The van der Waals surface area contributed by atoms with E-state index >= 15 is 0 Å². The van der Waals surface area contributed by atoms with Gasteiger partial charge in [0, 0.05) is 63.5 Å². The Hall–Kier alpha value is -2.22. The van der Waals surface area contributed by atoms with Crippen molar-refractivity contribution in [2.24, 2.45) is 4.99 Å². The molecule has 1 amide bonds. The summed E-state index contributed by atoms with van der Waals surface area (Å²) in [4.78, 5) is 23.2. The van der Waals surface area contributed by atoms with Crippen LogP contribution in [0, 0.1) is 11.6 Å². The normalized spacial score (nSPS) is 19.3. The van der Waals surface area contributed by atoms with Crippen molar-refractivity contribution in [2.75, 3.05) is 52.4 Å². The van der Waals surface area contributed by atoms with Crippen molar-refractivity contribution in [3.8, 4) is 0 Å². The van der Waals surface area contributed by atoms with Crippen molar-refractivity contribution >= 4 is 11.9 Å². The minimum atomic E-state index is -0.550. The summed E-state index contributed by atoms with van der Waals surface area (Å²) in [5.41, 5.74) is 0.545. The van der Waals surface area contributed by atoms with Crippen molar-refractivity contribution in [3.63, 3.8) is 0 Å². The van der Waals surface area contributed by atoms with E-state index in [1.165, 1.54) is 6.07 Å². The molecule has 1 atom stereocenters. The molecule has 0 bridgehead atoms. The number of piperazine rings is 1. The molecule has 0 aliphatic carbocycles. The number of likely N-dealkylation sites (tertiary alicyclic amines) is 1. The third kappa shape index (κ3) is 5.47. The van der Waals surface area contributed by atoms with E-state index in [2.05, 4.69) is 20.1 Å². The zero-order chi connectivity index (χ0) is 21.5. The molecule has 1 aromatic carbocycles. The summed E-state index contributed by atoms with van der Waals surface area (Å²) in [5, 5.41) is 3.29. The predicted molar refractivity (Wildman–Crippen MR) is 114 cm³/mol. The maximum Gasteiger partial charge on any atom is 0.244 e. The number of hydrogen-bond acceptors (Lipinski definition) is 3. The van der Waals surface area contributed by atoms with Crippen LogP contribution in [0.5, 0.6) is 0 Å². The topological polar surface area (TPSA) is 51.2 Å². The van der Waals surface area contributed by atoms with Crippen molar-refractivity contribution in [1.82, 2.24) is 20.0 Å². The highest BCUT2D eigenvalue weighted by Gasteiger charge is 2.27. The molecular formula is C22H33F2N5O. The number of amides is 1. The van der Waals surface area contributed by atoms with Gasteiger partial charge in [-0.05, 0) is 32.3 Å².